The number of anilines is 1. The number of halogens is 1. The van der Waals surface area contributed by atoms with Crippen LogP contribution in [0.3, 0.4) is 0 Å². The summed E-state index contributed by atoms with van der Waals surface area (Å²) >= 11 is 1.45. The van der Waals surface area contributed by atoms with E-state index >= 15 is 0 Å². The molecule has 1 heterocycles. The lowest BCUT2D eigenvalue weighted by Crippen LogP contribution is -2.14. The molecule has 0 saturated heterocycles. The maximum Gasteiger partial charge on any atom is 0.331 e. The number of nitrogens with one attached hydrogen (secondary N) is 1. The number of carbonyl (C=O) groups excluding carboxylic acids is 3. The highest BCUT2D eigenvalue weighted by Crippen LogP contribution is 2.15. The van der Waals surface area contributed by atoms with Crippen LogP contribution in [0.2, 0.25) is 0 Å². The van der Waals surface area contributed by atoms with Crippen molar-refractivity contribution in [3.05, 3.63) is 58.0 Å². The molecule has 0 aliphatic carbocycles. The third-order valence-corrected chi connectivity index (χ3v) is 3.70. The van der Waals surface area contributed by atoms with Gasteiger partial charge in [0, 0.05) is 23.6 Å². The zero-order valence-corrected chi connectivity index (χ0v) is 13.6. The van der Waals surface area contributed by atoms with Crippen LogP contribution in [0.15, 0.2) is 41.8 Å². The molecule has 1 aromatic carbocycles. The Balaban J connectivity index is 1.92. The van der Waals surface area contributed by atoms with Gasteiger partial charge in [-0.25, -0.2) is 9.18 Å². The lowest BCUT2D eigenvalue weighted by Gasteiger charge is -2.06. The first-order chi connectivity index (χ1) is 11.5. The molecule has 1 aromatic heterocycles. The van der Waals surface area contributed by atoms with Gasteiger partial charge in [0.1, 0.15) is 5.82 Å². The van der Waals surface area contributed by atoms with Crippen molar-refractivity contribution in [1.82, 2.24) is 0 Å². The predicted molar refractivity (Wildman–Crippen MR) is 89.3 cm³/mol. The van der Waals surface area contributed by atoms with Crippen LogP contribution < -0.4 is 5.32 Å². The second-order valence-corrected chi connectivity index (χ2v) is 5.73. The minimum atomic E-state index is -0.795. The average molecular weight is 347 g/mol. The van der Waals surface area contributed by atoms with Crippen molar-refractivity contribution in [3.63, 3.8) is 0 Å². The summed E-state index contributed by atoms with van der Waals surface area (Å²) in [4.78, 5) is 35.2. The maximum atomic E-state index is 13.9. The van der Waals surface area contributed by atoms with E-state index in [1.54, 1.807) is 6.08 Å². The molecule has 2 aromatic rings. The number of carbonyl (C=O) groups is 3. The number of esters is 1. The Morgan fingerprint density at radius 2 is 2.08 bits per heavy atom. The smallest absolute Gasteiger partial charge is 0.331 e. The van der Waals surface area contributed by atoms with Gasteiger partial charge >= 0.3 is 5.97 Å². The van der Waals surface area contributed by atoms with E-state index in [1.165, 1.54) is 36.5 Å². The summed E-state index contributed by atoms with van der Waals surface area (Å²) < 4.78 is 18.7. The number of hydrogen-bond acceptors (Lipinski definition) is 5. The van der Waals surface area contributed by atoms with Gasteiger partial charge in [-0.2, -0.15) is 0 Å². The number of hydrogen-bond donors (Lipinski definition) is 1. The predicted octanol–water partition coefficient (Wildman–Crippen LogP) is 3.28. The largest absolute Gasteiger partial charge is 0.454 e. The Morgan fingerprint density at radius 1 is 1.29 bits per heavy atom. The first kappa shape index (κ1) is 17.6. The van der Waals surface area contributed by atoms with E-state index in [2.05, 4.69) is 5.32 Å². The molecule has 5 nitrogen and oxygen atoms in total. The highest BCUT2D eigenvalue weighted by atomic mass is 32.1. The molecule has 7 heteroatoms. The number of ketones is 1. The first-order valence-electron chi connectivity index (χ1n) is 6.94. The fraction of sp³-hybridized carbons (Fsp3) is 0.118. The fourth-order valence-electron chi connectivity index (χ4n) is 1.82. The van der Waals surface area contributed by atoms with Crippen LogP contribution in [0.5, 0.6) is 0 Å². The van der Waals surface area contributed by atoms with Crippen molar-refractivity contribution in [1.29, 1.82) is 0 Å². The van der Waals surface area contributed by atoms with Crippen LogP contribution >= 0.6 is 11.3 Å². The highest BCUT2D eigenvalue weighted by Gasteiger charge is 2.14. The minimum Gasteiger partial charge on any atom is -0.454 e. The molecule has 0 spiro atoms. The van der Waals surface area contributed by atoms with Gasteiger partial charge in [-0.1, -0.05) is 6.07 Å². The summed E-state index contributed by atoms with van der Waals surface area (Å²) in [5, 5.41) is 4.27. The Kier molecular flexibility index (Phi) is 5.97. The molecule has 1 N–H and O–H groups in total. The van der Waals surface area contributed by atoms with Gasteiger partial charge in [-0.05, 0) is 35.7 Å². The van der Waals surface area contributed by atoms with E-state index < -0.39 is 24.2 Å². The molecule has 0 bridgehead atoms. The monoisotopic (exact) mass is 347 g/mol. The van der Waals surface area contributed by atoms with Gasteiger partial charge in [0.2, 0.25) is 11.7 Å². The molecule has 124 valence electrons. The quantitative estimate of drug-likeness (QED) is 0.494. The molecule has 24 heavy (non-hydrogen) atoms. The molecule has 0 unspecified atom stereocenters. The number of rotatable bonds is 6. The second-order valence-electron chi connectivity index (χ2n) is 4.76. The lowest BCUT2D eigenvalue weighted by atomic mass is 10.1. The van der Waals surface area contributed by atoms with Crippen LogP contribution in [0.1, 0.15) is 22.2 Å². The van der Waals surface area contributed by atoms with Crippen molar-refractivity contribution >= 4 is 40.8 Å². The average Bonchev–Trinajstić information content (AvgIpc) is 3.03. The van der Waals surface area contributed by atoms with Gasteiger partial charge in [0.15, 0.2) is 6.61 Å². The second kappa shape index (κ2) is 8.16. The van der Waals surface area contributed by atoms with Crippen molar-refractivity contribution in [2.45, 2.75) is 6.92 Å². The van der Waals surface area contributed by atoms with Gasteiger partial charge < -0.3 is 10.1 Å². The van der Waals surface area contributed by atoms with Gasteiger partial charge in [-0.15, -0.1) is 11.3 Å². The summed E-state index contributed by atoms with van der Waals surface area (Å²) in [6.07, 6.45) is 2.77. The molecule has 0 radical (unpaired) electrons. The van der Waals surface area contributed by atoms with E-state index in [-0.39, 0.29) is 17.2 Å². The third-order valence-electron chi connectivity index (χ3n) is 2.86. The van der Waals surface area contributed by atoms with Crippen molar-refractivity contribution in [2.24, 2.45) is 0 Å². The SMILES string of the molecule is CC(=O)Nc1ccc(C(=O)COC(=O)/C=C/c2cccs2)c(F)c1. The molecule has 0 aliphatic heterocycles. The third kappa shape index (κ3) is 5.13. The highest BCUT2D eigenvalue weighted by molar-refractivity contribution is 7.10. The van der Waals surface area contributed by atoms with Crippen LogP contribution in [0.25, 0.3) is 6.08 Å². The van der Waals surface area contributed by atoms with Gasteiger partial charge in [0.25, 0.3) is 0 Å². The Bertz CT molecular complexity index is 784. The molecule has 0 atom stereocenters. The van der Waals surface area contributed by atoms with Gasteiger partial charge in [0.05, 0.1) is 5.56 Å². The molecule has 2 rings (SSSR count). The number of benzene rings is 1. The standard InChI is InChI=1S/C17H14FNO4S/c1-11(20)19-12-4-6-14(15(18)9-12)16(21)10-23-17(22)7-5-13-3-2-8-24-13/h2-9H,10H2,1H3,(H,19,20)/b7-5+. The lowest BCUT2D eigenvalue weighted by molar-refractivity contribution is -0.136. The summed E-state index contributed by atoms with van der Waals surface area (Å²) in [6.45, 7) is 0.726. The maximum absolute atomic E-state index is 13.9. The van der Waals surface area contributed by atoms with E-state index in [0.717, 1.165) is 10.9 Å². The normalized spacial score (nSPS) is 10.6. The van der Waals surface area contributed by atoms with Crippen LogP contribution in [-0.2, 0) is 14.3 Å². The summed E-state index contributed by atoms with van der Waals surface area (Å²) in [5.74, 6) is -2.50. The zero-order chi connectivity index (χ0) is 17.5. The number of Topliss-reactive ketones (excluding diaryl/α,β-unsaturated/α-hetero) is 1. The van der Waals surface area contributed by atoms with Crippen LogP contribution in [0.4, 0.5) is 10.1 Å². The Morgan fingerprint density at radius 3 is 2.71 bits per heavy atom. The zero-order valence-electron chi connectivity index (χ0n) is 12.7. The van der Waals surface area contributed by atoms with Crippen molar-refractivity contribution in [2.75, 3.05) is 11.9 Å². The molecule has 0 fully saturated rings. The Labute approximate surface area is 141 Å². The topological polar surface area (TPSA) is 72.5 Å². The molecular weight excluding hydrogens is 333 g/mol. The Hall–Kier alpha value is -2.80. The summed E-state index contributed by atoms with van der Waals surface area (Å²) in [5.41, 5.74) is 0.0339. The first-order valence-corrected chi connectivity index (χ1v) is 7.82. The molecule has 0 aliphatic rings. The van der Waals surface area contributed by atoms with Crippen LogP contribution in [-0.4, -0.2) is 24.3 Å². The molecule has 0 saturated carbocycles. The molecule has 1 amide bonds. The van der Waals surface area contributed by atoms with Crippen molar-refractivity contribution in [3.8, 4) is 0 Å². The number of ether oxygens (including phenoxy) is 1. The van der Waals surface area contributed by atoms with E-state index in [4.69, 9.17) is 4.74 Å². The van der Waals surface area contributed by atoms with E-state index in [9.17, 15) is 18.8 Å². The van der Waals surface area contributed by atoms with E-state index in [1.807, 2.05) is 17.5 Å². The van der Waals surface area contributed by atoms with E-state index in [0.29, 0.717) is 0 Å². The summed E-state index contributed by atoms with van der Waals surface area (Å²) in [7, 11) is 0. The number of thiophene rings is 1. The summed E-state index contributed by atoms with van der Waals surface area (Å²) in [6, 6.07) is 7.33. The molecular formula is C17H14FNO4S. The fourth-order valence-corrected chi connectivity index (χ4v) is 2.44. The number of amides is 1. The minimum absolute atomic E-state index is 0.209. The van der Waals surface area contributed by atoms with Gasteiger partial charge in [-0.3, -0.25) is 9.59 Å². The van der Waals surface area contributed by atoms with Crippen molar-refractivity contribution < 1.29 is 23.5 Å². The van der Waals surface area contributed by atoms with Crippen LogP contribution in [0, 0.1) is 5.82 Å².